The summed E-state index contributed by atoms with van der Waals surface area (Å²) in [4.78, 5) is 12.7. The van der Waals surface area contributed by atoms with Crippen molar-refractivity contribution in [3.63, 3.8) is 0 Å². The number of piperidine rings is 1. The molecule has 2 saturated heterocycles. The Kier molecular flexibility index (Phi) is 4.59. The first-order chi connectivity index (χ1) is 10.3. The van der Waals surface area contributed by atoms with Crippen LogP contribution in [0.15, 0.2) is 30.3 Å². The molecule has 0 aliphatic carbocycles. The molecule has 2 aliphatic heterocycles. The fraction of sp³-hybridized carbons (Fsp3) is 0.611. The van der Waals surface area contributed by atoms with Crippen molar-refractivity contribution < 1.29 is 4.79 Å². The maximum absolute atomic E-state index is 12.7. The van der Waals surface area contributed by atoms with Crippen LogP contribution < -0.4 is 10.6 Å². The summed E-state index contributed by atoms with van der Waals surface area (Å²) in [6, 6.07) is 11.8. The lowest BCUT2D eigenvalue weighted by Crippen LogP contribution is -2.49. The number of hydrogen-bond acceptors (Lipinski definition) is 2. The lowest BCUT2D eigenvalue weighted by Gasteiger charge is -2.31. The van der Waals surface area contributed by atoms with E-state index < -0.39 is 0 Å². The third kappa shape index (κ3) is 3.46. The zero-order chi connectivity index (χ0) is 14.7. The van der Waals surface area contributed by atoms with Crippen molar-refractivity contribution in [3.05, 3.63) is 35.9 Å². The largest absolute Gasteiger partial charge is 0.353 e. The third-order valence-electron chi connectivity index (χ3n) is 4.92. The van der Waals surface area contributed by atoms with E-state index in [-0.39, 0.29) is 11.8 Å². The van der Waals surface area contributed by atoms with Crippen LogP contribution >= 0.6 is 0 Å². The second-order valence-electron chi connectivity index (χ2n) is 6.57. The Labute approximate surface area is 127 Å². The average molecular weight is 286 g/mol. The number of benzene rings is 1. The molecular weight excluding hydrogens is 260 g/mol. The molecular formula is C18H26N2O. The SMILES string of the molecule is CCCC(C(=O)NC1CC2CCC(C1)N2)c1ccccc1. The molecule has 1 aromatic carbocycles. The smallest absolute Gasteiger partial charge is 0.227 e. The molecule has 0 aromatic heterocycles. The van der Waals surface area contributed by atoms with Gasteiger partial charge in [-0.25, -0.2) is 0 Å². The van der Waals surface area contributed by atoms with Gasteiger partial charge in [-0.3, -0.25) is 4.79 Å². The highest BCUT2D eigenvalue weighted by atomic mass is 16.1. The van der Waals surface area contributed by atoms with Crippen molar-refractivity contribution in [1.29, 1.82) is 0 Å². The molecule has 3 heteroatoms. The predicted octanol–water partition coefficient (Wildman–Crippen LogP) is 2.97. The number of fused-ring (bicyclic) bond motifs is 2. The molecule has 3 rings (SSSR count). The second kappa shape index (κ2) is 6.61. The van der Waals surface area contributed by atoms with Crippen LogP contribution in [0.4, 0.5) is 0 Å². The Morgan fingerprint density at radius 2 is 1.90 bits per heavy atom. The van der Waals surface area contributed by atoms with Gasteiger partial charge in [0.2, 0.25) is 5.91 Å². The van der Waals surface area contributed by atoms with Gasteiger partial charge < -0.3 is 10.6 Å². The number of nitrogens with one attached hydrogen (secondary N) is 2. The van der Waals surface area contributed by atoms with Gasteiger partial charge in [0.1, 0.15) is 0 Å². The lowest BCUT2D eigenvalue weighted by molar-refractivity contribution is -0.123. The molecule has 1 amide bonds. The van der Waals surface area contributed by atoms with Gasteiger partial charge in [-0.1, -0.05) is 43.7 Å². The maximum atomic E-state index is 12.7. The van der Waals surface area contributed by atoms with Crippen LogP contribution in [-0.2, 0) is 4.79 Å². The molecule has 21 heavy (non-hydrogen) atoms. The second-order valence-corrected chi connectivity index (χ2v) is 6.57. The minimum absolute atomic E-state index is 0.00346. The van der Waals surface area contributed by atoms with E-state index in [1.54, 1.807) is 0 Å². The van der Waals surface area contributed by atoms with Crippen molar-refractivity contribution in [2.24, 2.45) is 0 Å². The van der Waals surface area contributed by atoms with Crippen LogP contribution in [0.1, 0.15) is 56.9 Å². The summed E-state index contributed by atoms with van der Waals surface area (Å²) < 4.78 is 0. The van der Waals surface area contributed by atoms with Crippen LogP contribution in [0.3, 0.4) is 0 Å². The van der Waals surface area contributed by atoms with Crippen molar-refractivity contribution >= 4 is 5.91 Å². The van der Waals surface area contributed by atoms with Gasteiger partial charge in [-0.05, 0) is 37.7 Å². The minimum atomic E-state index is 0.00346. The normalized spacial score (nSPS) is 29.1. The van der Waals surface area contributed by atoms with E-state index in [1.165, 1.54) is 12.8 Å². The van der Waals surface area contributed by atoms with Crippen LogP contribution in [0.25, 0.3) is 0 Å². The molecule has 0 saturated carbocycles. The van der Waals surface area contributed by atoms with Crippen molar-refractivity contribution in [3.8, 4) is 0 Å². The highest BCUT2D eigenvalue weighted by Gasteiger charge is 2.34. The highest BCUT2D eigenvalue weighted by Crippen LogP contribution is 2.28. The fourth-order valence-corrected chi connectivity index (χ4v) is 3.90. The van der Waals surface area contributed by atoms with Crippen LogP contribution in [0.5, 0.6) is 0 Å². The molecule has 2 heterocycles. The van der Waals surface area contributed by atoms with E-state index in [0.717, 1.165) is 31.2 Å². The summed E-state index contributed by atoms with van der Waals surface area (Å²) in [6.45, 7) is 2.15. The quantitative estimate of drug-likeness (QED) is 0.873. The number of carbonyl (C=O) groups is 1. The van der Waals surface area contributed by atoms with E-state index in [2.05, 4.69) is 29.7 Å². The summed E-state index contributed by atoms with van der Waals surface area (Å²) in [5.74, 6) is 0.220. The average Bonchev–Trinajstić information content (AvgIpc) is 2.84. The fourth-order valence-electron chi connectivity index (χ4n) is 3.90. The Hall–Kier alpha value is -1.35. The molecule has 2 bridgehead atoms. The number of rotatable bonds is 5. The molecule has 0 spiro atoms. The van der Waals surface area contributed by atoms with Gasteiger partial charge in [0.15, 0.2) is 0 Å². The van der Waals surface area contributed by atoms with Crippen molar-refractivity contribution in [1.82, 2.24) is 10.6 Å². The lowest BCUT2D eigenvalue weighted by atomic mass is 9.92. The molecule has 3 unspecified atom stereocenters. The summed E-state index contributed by atoms with van der Waals surface area (Å²) >= 11 is 0. The zero-order valence-corrected chi connectivity index (χ0v) is 12.8. The van der Waals surface area contributed by atoms with Crippen LogP contribution in [0.2, 0.25) is 0 Å². The first-order valence-electron chi connectivity index (χ1n) is 8.37. The van der Waals surface area contributed by atoms with E-state index in [4.69, 9.17) is 0 Å². The first kappa shape index (κ1) is 14.6. The molecule has 1 aromatic rings. The topological polar surface area (TPSA) is 41.1 Å². The molecule has 114 valence electrons. The number of carbonyl (C=O) groups excluding carboxylic acids is 1. The molecule has 2 aliphatic rings. The summed E-state index contributed by atoms with van der Waals surface area (Å²) in [6.07, 6.45) is 6.69. The first-order valence-corrected chi connectivity index (χ1v) is 8.37. The standard InChI is InChI=1S/C18H26N2O/c1-2-6-17(13-7-4-3-5-8-13)18(21)20-16-11-14-9-10-15(12-16)19-14/h3-5,7-8,14-17,19H,2,6,9-12H2,1H3,(H,20,21). The van der Waals surface area contributed by atoms with Gasteiger partial charge in [0.25, 0.3) is 0 Å². The van der Waals surface area contributed by atoms with E-state index in [9.17, 15) is 4.79 Å². The van der Waals surface area contributed by atoms with Crippen molar-refractivity contribution in [2.75, 3.05) is 0 Å². The molecule has 3 nitrogen and oxygen atoms in total. The Bertz CT molecular complexity index is 461. The number of hydrogen-bond donors (Lipinski definition) is 2. The van der Waals surface area contributed by atoms with Gasteiger partial charge in [0.05, 0.1) is 5.92 Å². The Balaban J connectivity index is 1.64. The van der Waals surface area contributed by atoms with Crippen LogP contribution in [0, 0.1) is 0 Å². The summed E-state index contributed by atoms with van der Waals surface area (Å²) in [5.41, 5.74) is 1.15. The third-order valence-corrected chi connectivity index (χ3v) is 4.92. The van der Waals surface area contributed by atoms with E-state index >= 15 is 0 Å². The van der Waals surface area contributed by atoms with Gasteiger partial charge >= 0.3 is 0 Å². The molecule has 0 radical (unpaired) electrons. The predicted molar refractivity (Wildman–Crippen MR) is 85.2 cm³/mol. The maximum Gasteiger partial charge on any atom is 0.227 e. The Morgan fingerprint density at radius 3 is 2.52 bits per heavy atom. The van der Waals surface area contributed by atoms with Crippen LogP contribution in [-0.4, -0.2) is 24.0 Å². The molecule has 3 atom stereocenters. The zero-order valence-electron chi connectivity index (χ0n) is 12.8. The van der Waals surface area contributed by atoms with Gasteiger partial charge in [0, 0.05) is 18.1 Å². The molecule has 2 N–H and O–H groups in total. The van der Waals surface area contributed by atoms with E-state index in [0.29, 0.717) is 18.1 Å². The van der Waals surface area contributed by atoms with Gasteiger partial charge in [-0.15, -0.1) is 0 Å². The summed E-state index contributed by atoms with van der Waals surface area (Å²) in [7, 11) is 0. The molecule has 2 fully saturated rings. The number of amides is 1. The monoisotopic (exact) mass is 286 g/mol. The van der Waals surface area contributed by atoms with E-state index in [1.807, 2.05) is 18.2 Å². The highest BCUT2D eigenvalue weighted by molar-refractivity contribution is 5.83. The Morgan fingerprint density at radius 1 is 1.24 bits per heavy atom. The van der Waals surface area contributed by atoms with Gasteiger partial charge in [-0.2, -0.15) is 0 Å². The minimum Gasteiger partial charge on any atom is -0.353 e. The summed E-state index contributed by atoms with van der Waals surface area (Å²) in [5, 5.41) is 6.95. The van der Waals surface area contributed by atoms with Crippen molar-refractivity contribution in [2.45, 2.75) is 69.5 Å².